The topological polar surface area (TPSA) is 38.3 Å². The predicted molar refractivity (Wildman–Crippen MR) is 76.6 cm³/mol. The van der Waals surface area contributed by atoms with E-state index >= 15 is 0 Å². The molecule has 5 heteroatoms. The summed E-state index contributed by atoms with van der Waals surface area (Å²) < 4.78 is 5.61. The fraction of sp³-hybridized carbons (Fsp3) is 0.917. The van der Waals surface area contributed by atoms with Gasteiger partial charge in [-0.3, -0.25) is 0 Å². The van der Waals surface area contributed by atoms with E-state index in [2.05, 4.69) is 5.32 Å². The summed E-state index contributed by atoms with van der Waals surface area (Å²) in [6.45, 7) is 8.06. The molecule has 2 unspecified atom stereocenters. The summed E-state index contributed by atoms with van der Waals surface area (Å²) in [5.41, 5.74) is -0.808. The Morgan fingerprint density at radius 3 is 2.35 bits per heavy atom. The largest absolute Gasteiger partial charge is 0.449 e. The molecule has 0 aromatic rings. The molecule has 0 radical (unpaired) electrons. The Kier molecular flexibility index (Phi) is 5.22. The molecule has 1 saturated heterocycles. The molecule has 0 saturated carbocycles. The number of hydrogen-bond donors (Lipinski definition) is 1. The van der Waals surface area contributed by atoms with Crippen LogP contribution in [0.5, 0.6) is 0 Å². The Bertz CT molecular complexity index is 272. The molecular formula is C12H23NO2S2. The zero-order valence-corrected chi connectivity index (χ0v) is 13.0. The van der Waals surface area contributed by atoms with Crippen LogP contribution in [-0.4, -0.2) is 41.3 Å². The van der Waals surface area contributed by atoms with Crippen LogP contribution >= 0.6 is 23.5 Å². The zero-order chi connectivity index (χ0) is 13.1. The number of hydrogen-bond acceptors (Lipinski definition) is 5. The highest BCUT2D eigenvalue weighted by Crippen LogP contribution is 2.33. The number of rotatable bonds is 3. The lowest BCUT2D eigenvalue weighted by Crippen LogP contribution is -2.58. The second-order valence-electron chi connectivity index (χ2n) is 5.41. The van der Waals surface area contributed by atoms with Crippen LogP contribution in [-0.2, 0) is 9.53 Å². The molecule has 3 nitrogen and oxygen atoms in total. The van der Waals surface area contributed by atoms with Crippen molar-refractivity contribution in [2.45, 2.75) is 38.7 Å². The summed E-state index contributed by atoms with van der Waals surface area (Å²) in [7, 11) is 1.81. The van der Waals surface area contributed by atoms with Crippen molar-refractivity contribution < 1.29 is 9.53 Å². The van der Waals surface area contributed by atoms with Gasteiger partial charge in [0.2, 0.25) is 0 Å². The van der Waals surface area contributed by atoms with Crippen molar-refractivity contribution >= 4 is 29.5 Å². The normalized spacial score (nSPS) is 25.1. The fourth-order valence-corrected chi connectivity index (χ4v) is 3.93. The second-order valence-corrected chi connectivity index (χ2v) is 7.82. The predicted octanol–water partition coefficient (Wildman–Crippen LogP) is 2.36. The van der Waals surface area contributed by atoms with Crippen LogP contribution in [0, 0.1) is 5.41 Å². The van der Waals surface area contributed by atoms with Gasteiger partial charge in [-0.1, -0.05) is 20.8 Å². The number of carbonyl (C=O) groups excluding carboxylic acids is 1. The van der Waals surface area contributed by atoms with E-state index in [1.165, 1.54) is 0 Å². The van der Waals surface area contributed by atoms with Gasteiger partial charge >= 0.3 is 5.97 Å². The molecule has 100 valence electrons. The van der Waals surface area contributed by atoms with Crippen LogP contribution in [0.15, 0.2) is 0 Å². The molecule has 1 aliphatic heterocycles. The van der Waals surface area contributed by atoms with E-state index in [4.69, 9.17) is 4.74 Å². The van der Waals surface area contributed by atoms with Gasteiger partial charge in [0.15, 0.2) is 5.44 Å². The summed E-state index contributed by atoms with van der Waals surface area (Å²) in [5, 5.41) is 3.12. The van der Waals surface area contributed by atoms with Crippen LogP contribution in [0.1, 0.15) is 27.7 Å². The van der Waals surface area contributed by atoms with Gasteiger partial charge in [0.05, 0.1) is 0 Å². The lowest BCUT2D eigenvalue weighted by Gasteiger charge is -2.40. The van der Waals surface area contributed by atoms with E-state index < -0.39 is 5.54 Å². The lowest BCUT2D eigenvalue weighted by molar-refractivity contribution is -0.156. The van der Waals surface area contributed by atoms with Gasteiger partial charge in [0.1, 0.15) is 5.54 Å². The number of carbonyl (C=O) groups is 1. The second kappa shape index (κ2) is 5.85. The third-order valence-corrected chi connectivity index (χ3v) is 6.01. The monoisotopic (exact) mass is 277 g/mol. The molecule has 1 aliphatic rings. The number of thioether (sulfide) groups is 2. The summed E-state index contributed by atoms with van der Waals surface area (Å²) in [4.78, 5) is 12.3. The highest BCUT2D eigenvalue weighted by molar-refractivity contribution is 8.06. The van der Waals surface area contributed by atoms with Crippen molar-refractivity contribution in [2.75, 3.05) is 24.3 Å². The maximum atomic E-state index is 12.3. The molecule has 0 amide bonds. The Balaban J connectivity index is 2.66. The van der Waals surface area contributed by atoms with Crippen molar-refractivity contribution in [3.05, 3.63) is 0 Å². The van der Waals surface area contributed by atoms with E-state index in [-0.39, 0.29) is 16.8 Å². The molecule has 1 rings (SSSR count). The van der Waals surface area contributed by atoms with E-state index in [1.54, 1.807) is 11.8 Å². The first-order valence-electron chi connectivity index (χ1n) is 5.90. The van der Waals surface area contributed by atoms with Crippen molar-refractivity contribution in [1.82, 2.24) is 5.32 Å². The van der Waals surface area contributed by atoms with Gasteiger partial charge in [-0.25, -0.2) is 4.79 Å². The SMILES string of the molecule is CNC(C)(C(=O)OC1CSCCS1)C(C)(C)C. The van der Waals surface area contributed by atoms with E-state index in [1.807, 2.05) is 46.5 Å². The maximum Gasteiger partial charge on any atom is 0.327 e. The summed E-state index contributed by atoms with van der Waals surface area (Å²) in [5.74, 6) is 2.98. The molecular weight excluding hydrogens is 254 g/mol. The quantitative estimate of drug-likeness (QED) is 0.802. The number of likely N-dealkylation sites (N-methyl/N-ethyl adjacent to an activating group) is 1. The first-order chi connectivity index (χ1) is 7.81. The first-order valence-corrected chi connectivity index (χ1v) is 8.11. The van der Waals surface area contributed by atoms with Gasteiger partial charge in [-0.15, -0.1) is 11.8 Å². The van der Waals surface area contributed by atoms with Crippen molar-refractivity contribution in [2.24, 2.45) is 5.41 Å². The summed E-state index contributed by atoms with van der Waals surface area (Å²) in [6.07, 6.45) is 0. The number of ether oxygens (including phenoxy) is 1. The third-order valence-electron chi connectivity index (χ3n) is 3.43. The molecule has 1 N–H and O–H groups in total. The fourth-order valence-electron chi connectivity index (χ4n) is 1.55. The average Bonchev–Trinajstić information content (AvgIpc) is 2.27. The standard InChI is InChI=1S/C12H23NO2S2/c1-11(2,3)12(4,13-5)10(14)15-9-8-16-6-7-17-9/h9,13H,6-8H2,1-5H3. The Hall–Kier alpha value is 0.130. The Labute approximate surface area is 113 Å². The number of nitrogens with one attached hydrogen (secondary N) is 1. The Morgan fingerprint density at radius 2 is 1.94 bits per heavy atom. The molecule has 17 heavy (non-hydrogen) atoms. The van der Waals surface area contributed by atoms with Crippen molar-refractivity contribution in [3.8, 4) is 0 Å². The first kappa shape index (κ1) is 15.2. The minimum atomic E-state index is -0.643. The van der Waals surface area contributed by atoms with E-state index in [9.17, 15) is 4.79 Å². The van der Waals surface area contributed by atoms with Crippen molar-refractivity contribution in [3.63, 3.8) is 0 Å². The van der Waals surface area contributed by atoms with Crippen molar-refractivity contribution in [1.29, 1.82) is 0 Å². The molecule has 0 aliphatic carbocycles. The molecule has 1 fully saturated rings. The minimum Gasteiger partial charge on any atom is -0.449 e. The Morgan fingerprint density at radius 1 is 1.29 bits per heavy atom. The van der Waals surface area contributed by atoms with Gasteiger partial charge in [0.25, 0.3) is 0 Å². The van der Waals surface area contributed by atoms with Crippen LogP contribution < -0.4 is 5.32 Å². The third kappa shape index (κ3) is 3.55. The minimum absolute atomic E-state index is 0.0104. The average molecular weight is 277 g/mol. The van der Waals surface area contributed by atoms with Gasteiger partial charge in [0, 0.05) is 17.3 Å². The summed E-state index contributed by atoms with van der Waals surface area (Å²) >= 11 is 3.59. The maximum absolute atomic E-state index is 12.3. The van der Waals surface area contributed by atoms with E-state index in [0.29, 0.717) is 0 Å². The summed E-state index contributed by atoms with van der Waals surface area (Å²) in [6, 6.07) is 0. The lowest BCUT2D eigenvalue weighted by atomic mass is 9.75. The molecule has 0 aromatic heterocycles. The van der Waals surface area contributed by atoms with Crippen LogP contribution in [0.25, 0.3) is 0 Å². The highest BCUT2D eigenvalue weighted by atomic mass is 32.2. The van der Waals surface area contributed by atoms with Crippen LogP contribution in [0.4, 0.5) is 0 Å². The zero-order valence-electron chi connectivity index (χ0n) is 11.3. The smallest absolute Gasteiger partial charge is 0.327 e. The van der Waals surface area contributed by atoms with Crippen LogP contribution in [0.2, 0.25) is 0 Å². The molecule has 0 bridgehead atoms. The van der Waals surface area contributed by atoms with Gasteiger partial charge < -0.3 is 10.1 Å². The van der Waals surface area contributed by atoms with Gasteiger partial charge in [-0.2, -0.15) is 11.8 Å². The molecule has 0 spiro atoms. The van der Waals surface area contributed by atoms with Gasteiger partial charge in [-0.05, 0) is 19.4 Å². The molecule has 2 atom stereocenters. The molecule has 1 heterocycles. The number of esters is 1. The van der Waals surface area contributed by atoms with E-state index in [0.717, 1.165) is 17.3 Å². The molecule has 0 aromatic carbocycles. The highest BCUT2D eigenvalue weighted by Gasteiger charge is 2.45. The van der Waals surface area contributed by atoms with Crippen LogP contribution in [0.3, 0.4) is 0 Å².